The number of nitriles is 1. The Morgan fingerprint density at radius 1 is 1.24 bits per heavy atom. The van der Waals surface area contributed by atoms with E-state index in [9.17, 15) is 24.3 Å². The van der Waals surface area contributed by atoms with Gasteiger partial charge in [0.2, 0.25) is 0 Å². The summed E-state index contributed by atoms with van der Waals surface area (Å²) in [6.07, 6.45) is 2.13. The number of rotatable bonds is 5. The van der Waals surface area contributed by atoms with E-state index in [0.717, 1.165) is 0 Å². The molecule has 11 heteroatoms. The van der Waals surface area contributed by atoms with Crippen molar-refractivity contribution in [1.29, 1.82) is 5.26 Å². The quantitative estimate of drug-likeness (QED) is 0.627. The van der Waals surface area contributed by atoms with E-state index >= 15 is 0 Å². The van der Waals surface area contributed by atoms with Gasteiger partial charge in [-0.25, -0.2) is 9.18 Å². The van der Waals surface area contributed by atoms with E-state index in [2.05, 4.69) is 16.5 Å². The Morgan fingerprint density at radius 3 is 2.55 bits per heavy atom. The second kappa shape index (κ2) is 9.46. The molecule has 2 amide bonds. The first-order valence-electron chi connectivity index (χ1n) is 10.8. The normalized spacial score (nSPS) is 23.6. The maximum atomic E-state index is 13.2. The van der Waals surface area contributed by atoms with Gasteiger partial charge in [-0.2, -0.15) is 10.4 Å². The number of nitrogens with one attached hydrogen (secondary N) is 1. The number of halogens is 1. The summed E-state index contributed by atoms with van der Waals surface area (Å²) < 4.78 is 20.2. The zero-order valence-electron chi connectivity index (χ0n) is 17.9. The van der Waals surface area contributed by atoms with Crippen molar-refractivity contribution in [3.8, 4) is 6.07 Å². The summed E-state index contributed by atoms with van der Waals surface area (Å²) in [5.41, 5.74) is 6.19. The Hall–Kier alpha value is -3.65. The van der Waals surface area contributed by atoms with Crippen LogP contribution in [0.25, 0.3) is 0 Å². The Balaban J connectivity index is 1.67. The van der Waals surface area contributed by atoms with Crippen LogP contribution in [0, 0.1) is 29.0 Å². The lowest BCUT2D eigenvalue weighted by atomic mass is 9.76. The standard InChI is InChI=1S/C22H25FN6O4/c23-14-1-3-15(4-2-14)26-21-17(20(25)30)12-29(27-21)18-5-8-28(22(31)32)19(16(18)11-24)13-6-9-33-10-7-13/h1-4,12-13,16,18-19H,5-10H2,(H2,25,30)(H,26,27)(H,31,32). The maximum absolute atomic E-state index is 13.2. The van der Waals surface area contributed by atoms with Crippen LogP contribution < -0.4 is 11.1 Å². The van der Waals surface area contributed by atoms with Gasteiger partial charge in [0.05, 0.1) is 24.1 Å². The van der Waals surface area contributed by atoms with Gasteiger partial charge in [-0.05, 0) is 49.4 Å². The number of likely N-dealkylation sites (tertiary alicyclic amines) is 1. The van der Waals surface area contributed by atoms with E-state index in [4.69, 9.17) is 10.5 Å². The molecule has 0 bridgehead atoms. The van der Waals surface area contributed by atoms with E-state index in [1.54, 1.807) is 0 Å². The predicted molar refractivity (Wildman–Crippen MR) is 115 cm³/mol. The predicted octanol–water partition coefficient (Wildman–Crippen LogP) is 2.72. The minimum absolute atomic E-state index is 0.00900. The summed E-state index contributed by atoms with van der Waals surface area (Å²) in [6, 6.07) is 6.91. The molecule has 0 radical (unpaired) electrons. The summed E-state index contributed by atoms with van der Waals surface area (Å²) in [4.78, 5) is 25.4. The van der Waals surface area contributed by atoms with Gasteiger partial charge >= 0.3 is 6.09 Å². The molecule has 0 saturated carbocycles. The Bertz CT molecular complexity index is 1060. The van der Waals surface area contributed by atoms with Crippen LogP contribution in [0.5, 0.6) is 0 Å². The van der Waals surface area contributed by atoms with Crippen molar-refractivity contribution >= 4 is 23.5 Å². The van der Waals surface area contributed by atoms with Crippen molar-refractivity contribution in [2.45, 2.75) is 31.3 Å². The zero-order valence-corrected chi connectivity index (χ0v) is 17.9. The van der Waals surface area contributed by atoms with Crippen LogP contribution in [-0.2, 0) is 4.74 Å². The molecule has 4 N–H and O–H groups in total. The number of nitrogens with two attached hydrogens (primary N) is 1. The number of ether oxygens (including phenoxy) is 1. The first kappa shape index (κ1) is 22.5. The fourth-order valence-electron chi connectivity index (χ4n) is 4.81. The molecule has 0 spiro atoms. The van der Waals surface area contributed by atoms with Crippen molar-refractivity contribution in [3.05, 3.63) is 41.8 Å². The number of carboxylic acid groups (broad SMARTS) is 1. The third-order valence-electron chi connectivity index (χ3n) is 6.40. The highest BCUT2D eigenvalue weighted by atomic mass is 19.1. The van der Waals surface area contributed by atoms with E-state index in [1.165, 1.54) is 40.0 Å². The molecule has 2 saturated heterocycles. The third-order valence-corrected chi connectivity index (χ3v) is 6.40. The molecule has 3 unspecified atom stereocenters. The second-order valence-corrected chi connectivity index (χ2v) is 8.29. The van der Waals surface area contributed by atoms with Gasteiger partial charge in [0, 0.05) is 31.6 Å². The first-order valence-corrected chi connectivity index (χ1v) is 10.8. The van der Waals surface area contributed by atoms with Gasteiger partial charge in [-0.1, -0.05) is 0 Å². The fourth-order valence-corrected chi connectivity index (χ4v) is 4.81. The number of piperidine rings is 1. The number of carbonyl (C=O) groups is 2. The molecule has 174 valence electrons. The number of anilines is 2. The van der Waals surface area contributed by atoms with Crippen molar-refractivity contribution in [3.63, 3.8) is 0 Å². The lowest BCUT2D eigenvalue weighted by Gasteiger charge is -2.45. The highest BCUT2D eigenvalue weighted by molar-refractivity contribution is 5.98. The van der Waals surface area contributed by atoms with Crippen LogP contribution in [0.15, 0.2) is 30.5 Å². The highest BCUT2D eigenvalue weighted by Crippen LogP contribution is 2.39. The number of carbonyl (C=O) groups excluding carboxylic acids is 1. The minimum Gasteiger partial charge on any atom is -0.465 e. The molecule has 3 heterocycles. The van der Waals surface area contributed by atoms with Crippen LogP contribution >= 0.6 is 0 Å². The average molecular weight is 456 g/mol. The van der Waals surface area contributed by atoms with Crippen molar-refractivity contribution < 1.29 is 23.8 Å². The lowest BCUT2D eigenvalue weighted by molar-refractivity contribution is -0.00876. The molecule has 2 fully saturated rings. The summed E-state index contributed by atoms with van der Waals surface area (Å²) in [7, 11) is 0. The van der Waals surface area contributed by atoms with Gasteiger partial charge in [0.1, 0.15) is 11.4 Å². The summed E-state index contributed by atoms with van der Waals surface area (Å²) in [5.74, 6) is -1.60. The monoisotopic (exact) mass is 456 g/mol. The Morgan fingerprint density at radius 2 is 1.94 bits per heavy atom. The Kier molecular flexibility index (Phi) is 6.46. The first-order chi connectivity index (χ1) is 15.9. The van der Waals surface area contributed by atoms with Gasteiger partial charge < -0.3 is 25.8 Å². The number of nitrogens with zero attached hydrogens (tertiary/aromatic N) is 4. The van der Waals surface area contributed by atoms with Crippen LogP contribution in [-0.4, -0.2) is 57.6 Å². The summed E-state index contributed by atoms with van der Waals surface area (Å²) in [6.45, 7) is 1.29. The molecule has 4 rings (SSSR count). The van der Waals surface area contributed by atoms with Crippen LogP contribution in [0.1, 0.15) is 35.7 Å². The van der Waals surface area contributed by atoms with Gasteiger partial charge in [0.25, 0.3) is 5.91 Å². The van der Waals surface area contributed by atoms with Gasteiger partial charge in [-0.15, -0.1) is 0 Å². The summed E-state index contributed by atoms with van der Waals surface area (Å²) >= 11 is 0. The van der Waals surface area contributed by atoms with Crippen molar-refractivity contribution in [2.24, 2.45) is 17.6 Å². The fraction of sp³-hybridized carbons (Fsp3) is 0.455. The van der Waals surface area contributed by atoms with E-state index in [-0.39, 0.29) is 23.8 Å². The number of primary amides is 1. The van der Waals surface area contributed by atoms with Gasteiger partial charge in [-0.3, -0.25) is 9.48 Å². The van der Waals surface area contributed by atoms with Gasteiger partial charge in [0.15, 0.2) is 5.82 Å². The molecule has 0 aliphatic carbocycles. The molecule has 2 aliphatic rings. The number of aromatic nitrogens is 2. The van der Waals surface area contributed by atoms with Crippen LogP contribution in [0.2, 0.25) is 0 Å². The van der Waals surface area contributed by atoms with Crippen molar-refractivity contribution in [1.82, 2.24) is 14.7 Å². The molecule has 10 nitrogen and oxygen atoms in total. The van der Waals surface area contributed by atoms with E-state index in [0.29, 0.717) is 38.2 Å². The number of hydrogen-bond donors (Lipinski definition) is 3. The molecule has 2 aliphatic heterocycles. The molecular weight excluding hydrogens is 431 g/mol. The molecule has 1 aromatic carbocycles. The smallest absolute Gasteiger partial charge is 0.407 e. The van der Waals surface area contributed by atoms with E-state index < -0.39 is 35.8 Å². The largest absolute Gasteiger partial charge is 0.465 e. The number of hydrogen-bond acceptors (Lipinski definition) is 6. The minimum atomic E-state index is -1.05. The van der Waals surface area contributed by atoms with Crippen LogP contribution in [0.4, 0.5) is 20.7 Å². The molecule has 33 heavy (non-hydrogen) atoms. The zero-order chi connectivity index (χ0) is 23.5. The van der Waals surface area contributed by atoms with E-state index in [1.807, 2.05) is 0 Å². The number of amides is 2. The molecule has 1 aromatic heterocycles. The molecule has 2 aromatic rings. The van der Waals surface area contributed by atoms with Crippen molar-refractivity contribution in [2.75, 3.05) is 25.1 Å². The second-order valence-electron chi connectivity index (χ2n) is 8.29. The van der Waals surface area contributed by atoms with Crippen LogP contribution in [0.3, 0.4) is 0 Å². The SMILES string of the molecule is N#CC1C(C2CCOCC2)N(C(=O)O)CCC1n1cc(C(N)=O)c(Nc2ccc(F)cc2)n1. The highest BCUT2D eigenvalue weighted by Gasteiger charge is 2.46. The third kappa shape index (κ3) is 4.61. The Labute approximate surface area is 189 Å². The number of benzene rings is 1. The summed E-state index contributed by atoms with van der Waals surface area (Å²) in [5, 5.41) is 27.3. The topological polar surface area (TPSA) is 146 Å². The average Bonchev–Trinajstić information content (AvgIpc) is 3.24. The maximum Gasteiger partial charge on any atom is 0.407 e. The molecular formula is C22H25FN6O4. The molecule has 3 atom stereocenters. The lowest BCUT2D eigenvalue weighted by Crippen LogP contribution is -2.55.